The molecule has 0 heterocycles. The first kappa shape index (κ1) is 16.5. The molecule has 22 heavy (non-hydrogen) atoms. The summed E-state index contributed by atoms with van der Waals surface area (Å²) in [6.45, 7) is 0. The molecule has 3 N–H and O–H groups in total. The topological polar surface area (TPSA) is 97.5 Å². The molecule has 0 aliphatic heterocycles. The van der Waals surface area contributed by atoms with Crippen LogP contribution in [0.2, 0.25) is 0 Å². The monoisotopic (exact) mass is 337 g/mol. The van der Waals surface area contributed by atoms with Gasteiger partial charge in [0.05, 0.1) is 10.5 Å². The number of carboxylic acids is 1. The first-order valence-electron chi connectivity index (χ1n) is 6.38. The number of nitrogens with two attached hydrogens (primary N) is 1. The molecule has 116 valence electrons. The van der Waals surface area contributed by atoms with E-state index in [1.54, 1.807) is 42.1 Å². The Bertz CT molecular complexity index is 770. The minimum absolute atomic E-state index is 0.0930. The molecule has 2 aromatic rings. The first-order chi connectivity index (χ1) is 10.4. The zero-order valence-electron chi connectivity index (χ0n) is 11.6. The van der Waals surface area contributed by atoms with E-state index in [1.807, 2.05) is 6.07 Å². The van der Waals surface area contributed by atoms with E-state index in [0.717, 1.165) is 11.1 Å². The van der Waals surface area contributed by atoms with E-state index in [1.165, 1.54) is 12.1 Å². The van der Waals surface area contributed by atoms with Crippen molar-refractivity contribution in [2.45, 2.75) is 16.4 Å². The average molecular weight is 337 g/mol. The predicted octanol–water partition coefficient (Wildman–Crippen LogP) is 2.47. The number of aromatic carboxylic acids is 1. The minimum Gasteiger partial charge on any atom is -0.478 e. The minimum atomic E-state index is -3.66. The lowest BCUT2D eigenvalue weighted by Gasteiger charge is -2.05. The largest absolute Gasteiger partial charge is 0.478 e. The molecule has 0 spiro atoms. The maximum absolute atomic E-state index is 11.2. The Morgan fingerprint density at radius 3 is 2.27 bits per heavy atom. The second kappa shape index (κ2) is 6.95. The maximum atomic E-state index is 11.2. The van der Waals surface area contributed by atoms with Crippen molar-refractivity contribution in [2.24, 2.45) is 5.14 Å². The number of benzene rings is 2. The fourth-order valence-corrected chi connectivity index (χ4v) is 3.32. The highest BCUT2D eigenvalue weighted by atomic mass is 32.2. The van der Waals surface area contributed by atoms with E-state index in [9.17, 15) is 13.2 Å². The lowest BCUT2D eigenvalue weighted by atomic mass is 10.1. The van der Waals surface area contributed by atoms with Gasteiger partial charge in [0.2, 0.25) is 10.0 Å². The van der Waals surface area contributed by atoms with Gasteiger partial charge in [0.25, 0.3) is 0 Å². The van der Waals surface area contributed by atoms with Crippen LogP contribution >= 0.6 is 11.8 Å². The molecule has 0 aromatic heterocycles. The van der Waals surface area contributed by atoms with Crippen molar-refractivity contribution in [2.75, 3.05) is 0 Å². The van der Waals surface area contributed by atoms with Gasteiger partial charge in [0.1, 0.15) is 0 Å². The highest BCUT2D eigenvalue weighted by Gasteiger charge is 2.07. The van der Waals surface area contributed by atoms with Gasteiger partial charge in [0.15, 0.2) is 0 Å². The highest BCUT2D eigenvalue weighted by Crippen LogP contribution is 2.19. The Kier molecular flexibility index (Phi) is 5.23. The number of primary sulfonamides is 1. The summed E-state index contributed by atoms with van der Waals surface area (Å²) in [6, 6.07) is 13.2. The van der Waals surface area contributed by atoms with Crippen LogP contribution in [0.3, 0.4) is 0 Å². The lowest BCUT2D eigenvalue weighted by molar-refractivity contribution is 0.0696. The lowest BCUT2D eigenvalue weighted by Crippen LogP contribution is -2.11. The molecule has 0 amide bonds. The Morgan fingerprint density at radius 1 is 1.05 bits per heavy atom. The van der Waals surface area contributed by atoms with Gasteiger partial charge in [-0.1, -0.05) is 24.3 Å². The van der Waals surface area contributed by atoms with Crippen LogP contribution in [0.4, 0.5) is 0 Å². The van der Waals surface area contributed by atoms with Gasteiger partial charge in [-0.2, -0.15) is 11.8 Å². The SMILES string of the molecule is NS(=O)(=O)c1ccc(CSCc2cccc(C(=O)O)c2)cc1. The number of carbonyl (C=O) groups is 1. The van der Waals surface area contributed by atoms with Gasteiger partial charge in [-0.15, -0.1) is 0 Å². The van der Waals surface area contributed by atoms with Crippen molar-refractivity contribution in [3.05, 3.63) is 65.2 Å². The normalized spacial score (nSPS) is 11.3. The molecule has 0 unspecified atom stereocenters. The van der Waals surface area contributed by atoms with Crippen LogP contribution in [-0.4, -0.2) is 19.5 Å². The summed E-state index contributed by atoms with van der Waals surface area (Å²) in [5.74, 6) is 0.436. The Morgan fingerprint density at radius 2 is 1.68 bits per heavy atom. The summed E-state index contributed by atoms with van der Waals surface area (Å²) < 4.78 is 22.3. The van der Waals surface area contributed by atoms with Crippen LogP contribution in [0.15, 0.2) is 53.4 Å². The molecule has 0 fully saturated rings. The average Bonchev–Trinajstić information content (AvgIpc) is 2.47. The molecule has 0 aliphatic rings. The van der Waals surface area contributed by atoms with Gasteiger partial charge in [0, 0.05) is 11.5 Å². The van der Waals surface area contributed by atoms with E-state index in [0.29, 0.717) is 11.5 Å². The van der Waals surface area contributed by atoms with Crippen LogP contribution in [0.25, 0.3) is 0 Å². The van der Waals surface area contributed by atoms with Crippen LogP contribution in [0.5, 0.6) is 0 Å². The molecular weight excluding hydrogens is 322 g/mol. The molecular formula is C15H15NO4S2. The number of sulfonamides is 1. The Labute approximate surface area is 133 Å². The van der Waals surface area contributed by atoms with Crippen molar-refractivity contribution in [1.82, 2.24) is 0 Å². The summed E-state index contributed by atoms with van der Waals surface area (Å²) >= 11 is 1.62. The van der Waals surface area contributed by atoms with Gasteiger partial charge < -0.3 is 5.11 Å². The van der Waals surface area contributed by atoms with Crippen LogP contribution < -0.4 is 5.14 Å². The fourth-order valence-electron chi connectivity index (χ4n) is 1.86. The zero-order valence-corrected chi connectivity index (χ0v) is 13.2. The summed E-state index contributed by atoms with van der Waals surface area (Å²) in [5, 5.41) is 14.0. The second-order valence-corrected chi connectivity index (χ2v) is 7.23. The molecule has 0 aliphatic carbocycles. The molecule has 0 saturated carbocycles. The predicted molar refractivity (Wildman–Crippen MR) is 86.2 cm³/mol. The molecule has 0 bridgehead atoms. The number of carboxylic acid groups (broad SMARTS) is 1. The summed E-state index contributed by atoms with van der Waals surface area (Å²) in [5.41, 5.74) is 2.19. The summed E-state index contributed by atoms with van der Waals surface area (Å²) in [4.78, 5) is 11.0. The third-order valence-electron chi connectivity index (χ3n) is 2.96. The van der Waals surface area contributed by atoms with Gasteiger partial charge in [-0.3, -0.25) is 0 Å². The standard InChI is InChI=1S/C15H15NO4S2/c16-22(19,20)14-6-4-11(5-7-14)9-21-10-12-2-1-3-13(8-12)15(17)18/h1-8H,9-10H2,(H,17,18)(H2,16,19,20). The molecule has 0 radical (unpaired) electrons. The van der Waals surface area contributed by atoms with Crippen LogP contribution in [-0.2, 0) is 21.5 Å². The Balaban J connectivity index is 1.94. The van der Waals surface area contributed by atoms with E-state index < -0.39 is 16.0 Å². The van der Waals surface area contributed by atoms with Crippen molar-refractivity contribution >= 4 is 27.8 Å². The van der Waals surface area contributed by atoms with Crippen molar-refractivity contribution < 1.29 is 18.3 Å². The van der Waals surface area contributed by atoms with E-state index in [2.05, 4.69) is 0 Å². The third kappa shape index (κ3) is 4.59. The molecule has 2 rings (SSSR count). The molecule has 2 aromatic carbocycles. The molecule has 0 atom stereocenters. The summed E-state index contributed by atoms with van der Waals surface area (Å²) in [7, 11) is -3.66. The van der Waals surface area contributed by atoms with E-state index in [-0.39, 0.29) is 10.5 Å². The first-order valence-corrected chi connectivity index (χ1v) is 9.08. The second-order valence-electron chi connectivity index (χ2n) is 4.69. The Hall–Kier alpha value is -1.83. The highest BCUT2D eigenvalue weighted by molar-refractivity contribution is 7.97. The smallest absolute Gasteiger partial charge is 0.335 e. The summed E-state index contributed by atoms with van der Waals surface area (Å²) in [6.07, 6.45) is 0. The fraction of sp³-hybridized carbons (Fsp3) is 0.133. The maximum Gasteiger partial charge on any atom is 0.335 e. The van der Waals surface area contributed by atoms with Gasteiger partial charge in [-0.05, 0) is 35.4 Å². The van der Waals surface area contributed by atoms with Crippen molar-refractivity contribution in [3.63, 3.8) is 0 Å². The van der Waals surface area contributed by atoms with E-state index >= 15 is 0 Å². The van der Waals surface area contributed by atoms with E-state index in [4.69, 9.17) is 10.2 Å². The van der Waals surface area contributed by atoms with Crippen LogP contribution in [0, 0.1) is 0 Å². The molecule has 5 nitrogen and oxygen atoms in total. The number of rotatable bonds is 6. The number of thioether (sulfide) groups is 1. The van der Waals surface area contributed by atoms with Gasteiger partial charge in [-0.25, -0.2) is 18.4 Å². The van der Waals surface area contributed by atoms with Crippen LogP contribution in [0.1, 0.15) is 21.5 Å². The quantitative estimate of drug-likeness (QED) is 0.844. The van der Waals surface area contributed by atoms with Gasteiger partial charge >= 0.3 is 5.97 Å². The molecule has 0 saturated heterocycles. The third-order valence-corrected chi connectivity index (χ3v) is 4.97. The number of hydrogen-bond donors (Lipinski definition) is 2. The zero-order chi connectivity index (χ0) is 16.2. The van der Waals surface area contributed by atoms with Crippen molar-refractivity contribution in [3.8, 4) is 0 Å². The van der Waals surface area contributed by atoms with Crippen molar-refractivity contribution in [1.29, 1.82) is 0 Å². The molecule has 7 heteroatoms. The number of hydrogen-bond acceptors (Lipinski definition) is 4.